The van der Waals surface area contributed by atoms with Crippen LogP contribution in [0.2, 0.25) is 0 Å². The van der Waals surface area contributed by atoms with Gasteiger partial charge in [-0.05, 0) is 86.6 Å². The Morgan fingerprint density at radius 2 is 1.84 bits per heavy atom. The molecule has 0 spiro atoms. The molecular formula is C20H24N6O5S. The van der Waals surface area contributed by atoms with Gasteiger partial charge >= 0.3 is 5.95 Å². The summed E-state index contributed by atoms with van der Waals surface area (Å²) in [6.07, 6.45) is 6.29. The average Bonchev–Trinajstić information content (AvgIpc) is 3.25. The quantitative estimate of drug-likeness (QED) is 0.495. The molecule has 0 saturated heterocycles. The van der Waals surface area contributed by atoms with Crippen molar-refractivity contribution < 1.29 is 18.1 Å². The Labute approximate surface area is 184 Å². The minimum absolute atomic E-state index is 0.0881. The van der Waals surface area contributed by atoms with Crippen LogP contribution in [-0.2, 0) is 20.4 Å². The topological polar surface area (TPSA) is 149 Å². The highest BCUT2D eigenvalue weighted by Gasteiger charge is 2.62. The van der Waals surface area contributed by atoms with Crippen LogP contribution in [0.25, 0.3) is 0 Å². The molecule has 0 unspecified atom stereocenters. The van der Waals surface area contributed by atoms with Gasteiger partial charge < -0.3 is 15.4 Å². The van der Waals surface area contributed by atoms with Crippen LogP contribution in [-0.4, -0.2) is 41.1 Å². The van der Waals surface area contributed by atoms with Gasteiger partial charge in [-0.15, -0.1) is 0 Å². The van der Waals surface area contributed by atoms with Gasteiger partial charge in [0, 0.05) is 10.8 Å². The molecule has 1 aromatic carbocycles. The molecule has 1 heterocycles. The van der Waals surface area contributed by atoms with E-state index < -0.39 is 31.8 Å². The van der Waals surface area contributed by atoms with Crippen molar-refractivity contribution in [3.63, 3.8) is 0 Å². The predicted octanol–water partition coefficient (Wildman–Crippen LogP) is 2.03. The maximum atomic E-state index is 13.5. The summed E-state index contributed by atoms with van der Waals surface area (Å²) in [5.41, 5.74) is -0.486. The highest BCUT2D eigenvalue weighted by molar-refractivity contribution is 7.89. The van der Waals surface area contributed by atoms with Crippen molar-refractivity contribution in [1.82, 2.24) is 19.5 Å². The lowest BCUT2D eigenvalue weighted by Crippen LogP contribution is -2.60. The first-order valence-corrected chi connectivity index (χ1v) is 12.0. The van der Waals surface area contributed by atoms with Gasteiger partial charge in [-0.1, -0.05) is 4.98 Å². The van der Waals surface area contributed by atoms with Gasteiger partial charge in [0.1, 0.15) is 0 Å². The van der Waals surface area contributed by atoms with E-state index in [1.54, 1.807) is 16.8 Å². The van der Waals surface area contributed by atoms with Crippen molar-refractivity contribution in [2.75, 3.05) is 12.4 Å². The third kappa shape index (κ3) is 3.28. The number of rotatable bonds is 6. The third-order valence-electron chi connectivity index (χ3n) is 7.33. The zero-order valence-electron chi connectivity index (χ0n) is 17.5. The summed E-state index contributed by atoms with van der Waals surface area (Å²) in [7, 11) is -2.20. The number of nitrogens with zero attached hydrogens (tertiary/aromatic N) is 4. The van der Waals surface area contributed by atoms with Crippen LogP contribution >= 0.6 is 0 Å². The Balaban J connectivity index is 1.41. The molecule has 11 nitrogen and oxygen atoms in total. The highest BCUT2D eigenvalue weighted by atomic mass is 32.2. The number of amides is 1. The van der Waals surface area contributed by atoms with E-state index in [-0.39, 0.29) is 10.8 Å². The van der Waals surface area contributed by atoms with Crippen molar-refractivity contribution in [1.29, 1.82) is 0 Å². The average molecular weight is 461 g/mol. The number of benzene rings is 1. The molecule has 4 saturated carbocycles. The number of carbonyl (C=O) groups is 1. The molecule has 4 aliphatic carbocycles. The Bertz CT molecular complexity index is 1180. The first-order valence-electron chi connectivity index (χ1n) is 10.6. The summed E-state index contributed by atoms with van der Waals surface area (Å²) in [5, 5.41) is 18.2. The van der Waals surface area contributed by atoms with Gasteiger partial charge in [0.05, 0.1) is 15.8 Å². The standard InChI is InChI=1S/C20H24N6O5S/c1-21-32(30,31)16-4-2-15(3-5-16)23-17(27)19-7-13-6-14(8-19)10-20(9-13,11-19)25-12-22-18(24-25)26(28)29/h2-5,12-14,21H,6-11H2,1H3,(H,23,27)/t13-,14-,19?,20?/m1/s1. The van der Waals surface area contributed by atoms with Gasteiger partial charge in [0.2, 0.25) is 22.3 Å². The molecule has 12 heteroatoms. The molecule has 0 aliphatic heterocycles. The van der Waals surface area contributed by atoms with Gasteiger partial charge in [-0.2, -0.15) is 4.68 Å². The summed E-state index contributed by atoms with van der Waals surface area (Å²) >= 11 is 0. The van der Waals surface area contributed by atoms with E-state index in [9.17, 15) is 23.3 Å². The molecule has 1 aromatic heterocycles. The smallest absolute Gasteiger partial charge is 0.390 e. The second kappa shape index (κ2) is 7.07. The van der Waals surface area contributed by atoms with Crippen molar-refractivity contribution >= 4 is 27.6 Å². The van der Waals surface area contributed by atoms with E-state index in [0.717, 1.165) is 32.1 Å². The molecule has 4 bridgehead atoms. The van der Waals surface area contributed by atoms with E-state index in [0.29, 0.717) is 23.9 Å². The minimum Gasteiger partial charge on any atom is -0.390 e. The van der Waals surface area contributed by atoms with Gasteiger partial charge in [0.25, 0.3) is 0 Å². The van der Waals surface area contributed by atoms with E-state index in [1.807, 2.05) is 0 Å². The van der Waals surface area contributed by atoms with Crippen molar-refractivity contribution in [3.05, 3.63) is 40.7 Å². The first kappa shape index (κ1) is 21.0. The van der Waals surface area contributed by atoms with Crippen molar-refractivity contribution in [2.24, 2.45) is 17.3 Å². The van der Waals surface area contributed by atoms with Crippen molar-refractivity contribution in [3.8, 4) is 0 Å². The first-order chi connectivity index (χ1) is 15.1. The monoisotopic (exact) mass is 460 g/mol. The van der Waals surface area contributed by atoms with Crippen LogP contribution in [0.1, 0.15) is 38.5 Å². The number of nitro groups is 1. The van der Waals surface area contributed by atoms with Crippen LogP contribution in [0, 0.1) is 27.4 Å². The number of anilines is 1. The van der Waals surface area contributed by atoms with Crippen molar-refractivity contribution in [2.45, 2.75) is 49.0 Å². The largest absolute Gasteiger partial charge is 0.490 e. The predicted molar refractivity (Wildman–Crippen MR) is 113 cm³/mol. The maximum Gasteiger partial charge on any atom is 0.490 e. The number of sulfonamides is 1. The minimum atomic E-state index is -3.55. The maximum absolute atomic E-state index is 13.5. The Morgan fingerprint density at radius 3 is 2.41 bits per heavy atom. The zero-order chi connectivity index (χ0) is 22.7. The van der Waals surface area contributed by atoms with Gasteiger partial charge in [0.15, 0.2) is 0 Å². The fourth-order valence-corrected chi connectivity index (χ4v) is 7.14. The van der Waals surface area contributed by atoms with E-state index in [4.69, 9.17) is 0 Å². The number of hydrogen-bond acceptors (Lipinski definition) is 7. The molecule has 2 atom stereocenters. The second-order valence-corrected chi connectivity index (χ2v) is 11.3. The lowest BCUT2D eigenvalue weighted by atomic mass is 9.46. The molecule has 2 N–H and O–H groups in total. The van der Waals surface area contributed by atoms with Crippen LogP contribution in [0.5, 0.6) is 0 Å². The summed E-state index contributed by atoms with van der Waals surface area (Å²) < 4.78 is 27.7. The lowest BCUT2D eigenvalue weighted by Gasteiger charge is -2.60. The molecule has 4 fully saturated rings. The lowest BCUT2D eigenvalue weighted by molar-refractivity contribution is -0.394. The van der Waals surface area contributed by atoms with Gasteiger partial charge in [-0.3, -0.25) is 4.79 Å². The molecular weight excluding hydrogens is 436 g/mol. The van der Waals surface area contributed by atoms with Crippen LogP contribution < -0.4 is 10.0 Å². The summed E-state index contributed by atoms with van der Waals surface area (Å²) in [6, 6.07) is 6.08. The second-order valence-electron chi connectivity index (χ2n) is 9.40. The molecule has 6 rings (SSSR count). The van der Waals surface area contributed by atoms with Gasteiger partial charge in [-0.25, -0.2) is 13.1 Å². The number of carbonyl (C=O) groups excluding carboxylic acids is 1. The molecule has 32 heavy (non-hydrogen) atoms. The molecule has 4 aliphatic rings. The highest BCUT2D eigenvalue weighted by Crippen LogP contribution is 2.64. The van der Waals surface area contributed by atoms with E-state index >= 15 is 0 Å². The summed E-state index contributed by atoms with van der Waals surface area (Å²) in [5.74, 6) is 0.201. The molecule has 1 amide bonds. The van der Waals surface area contributed by atoms with E-state index in [2.05, 4.69) is 20.1 Å². The fourth-order valence-electron chi connectivity index (χ4n) is 6.41. The number of hydrogen-bond donors (Lipinski definition) is 2. The van der Waals surface area contributed by atoms with Crippen LogP contribution in [0.4, 0.5) is 11.6 Å². The molecule has 0 radical (unpaired) electrons. The Hall–Kier alpha value is -2.86. The molecule has 2 aromatic rings. The number of nitrogens with one attached hydrogen (secondary N) is 2. The zero-order valence-corrected chi connectivity index (χ0v) is 18.3. The van der Waals surface area contributed by atoms with Crippen LogP contribution in [0.15, 0.2) is 35.5 Å². The summed E-state index contributed by atoms with van der Waals surface area (Å²) in [6.45, 7) is 0. The molecule has 170 valence electrons. The Kier molecular flexibility index (Phi) is 4.64. The summed E-state index contributed by atoms with van der Waals surface area (Å²) in [4.78, 5) is 27.9. The Morgan fingerprint density at radius 1 is 1.19 bits per heavy atom. The van der Waals surface area contributed by atoms with Crippen LogP contribution in [0.3, 0.4) is 0 Å². The fraction of sp³-hybridized carbons (Fsp3) is 0.550. The third-order valence-corrected chi connectivity index (χ3v) is 8.76. The van der Waals surface area contributed by atoms with E-state index in [1.165, 1.54) is 25.5 Å². The normalized spacial score (nSPS) is 30.9. The number of aromatic nitrogens is 3. The SMILES string of the molecule is CNS(=O)(=O)c1ccc(NC(=O)C23C[C@H]4C[C@H](C2)CC(n2cnc([N+](=O)[O-])n2)(C4)C3)cc1.